The summed E-state index contributed by atoms with van der Waals surface area (Å²) in [6.07, 6.45) is 3.36. The number of hydrogen-bond donors (Lipinski definition) is 6. The van der Waals surface area contributed by atoms with Crippen molar-refractivity contribution in [3.05, 3.63) is 95.8 Å². The number of amides is 6. The fourth-order valence-corrected chi connectivity index (χ4v) is 9.08. The van der Waals surface area contributed by atoms with Gasteiger partial charge < -0.3 is 60.3 Å². The summed E-state index contributed by atoms with van der Waals surface area (Å²) in [5, 5.41) is 27.0. The molecule has 78 heavy (non-hydrogen) atoms. The molecule has 1 aromatic heterocycles. The van der Waals surface area contributed by atoms with Crippen LogP contribution in [0.5, 0.6) is 0 Å². The second kappa shape index (κ2) is 33.7. The Balaban J connectivity index is 1.20. The molecule has 2 heterocycles. The van der Waals surface area contributed by atoms with Crippen molar-refractivity contribution in [2.24, 2.45) is 11.1 Å². The van der Waals surface area contributed by atoms with Crippen LogP contribution in [0.1, 0.15) is 76.6 Å². The Morgan fingerprint density at radius 1 is 0.769 bits per heavy atom. The Kier molecular flexibility index (Phi) is 27.6. The summed E-state index contributed by atoms with van der Waals surface area (Å²) in [6.45, 7) is 8.61. The molecule has 0 saturated heterocycles. The molecule has 428 valence electrons. The first-order chi connectivity index (χ1) is 37.3. The number of carboxylic acids is 2. The van der Waals surface area contributed by atoms with Gasteiger partial charge in [-0.05, 0) is 66.8 Å². The Hall–Kier alpha value is -6.57. The number of carboxylic acid groups (broad SMARTS) is 2. The molecule has 1 aliphatic rings. The van der Waals surface area contributed by atoms with Crippen molar-refractivity contribution in [1.82, 2.24) is 30.3 Å². The molecule has 2 aromatic carbocycles. The van der Waals surface area contributed by atoms with Crippen molar-refractivity contribution in [3.63, 3.8) is 0 Å². The summed E-state index contributed by atoms with van der Waals surface area (Å²) in [6, 6.07) is 11.2. The van der Waals surface area contributed by atoms with Gasteiger partial charge in [0.1, 0.15) is 23.7 Å². The number of benzene rings is 2. The number of aromatic nitrogens is 1. The van der Waals surface area contributed by atoms with E-state index in [9.17, 15) is 53.0 Å². The minimum absolute atomic E-state index is 0.00211. The highest BCUT2D eigenvalue weighted by molar-refractivity contribution is 7.99. The number of ether oxygens (including phenoxy) is 4. The predicted octanol–water partition coefficient (Wildman–Crippen LogP) is 3.68. The molecule has 7 N–H and O–H groups in total. The van der Waals surface area contributed by atoms with E-state index in [1.807, 2.05) is 55.7 Å². The van der Waals surface area contributed by atoms with Crippen molar-refractivity contribution >= 4 is 59.1 Å². The molecule has 6 amide bonds. The van der Waals surface area contributed by atoms with Gasteiger partial charge >= 0.3 is 11.9 Å². The largest absolute Gasteiger partial charge is 0.481 e. The third-order valence-corrected chi connectivity index (χ3v) is 13.0. The fraction of sp³-hybridized carbons (Fsp3) is 0.519. The maximum Gasteiger partial charge on any atom is 0.326 e. The van der Waals surface area contributed by atoms with Gasteiger partial charge in [-0.1, -0.05) is 51.1 Å². The Morgan fingerprint density at radius 2 is 1.41 bits per heavy atom. The van der Waals surface area contributed by atoms with Crippen LogP contribution in [0.2, 0.25) is 0 Å². The molecule has 21 nitrogen and oxygen atoms in total. The van der Waals surface area contributed by atoms with Crippen LogP contribution in [0.3, 0.4) is 0 Å². The molecule has 0 saturated carbocycles. The first-order valence-corrected chi connectivity index (χ1v) is 26.9. The van der Waals surface area contributed by atoms with Gasteiger partial charge in [-0.15, -0.1) is 0 Å². The van der Waals surface area contributed by atoms with Crippen LogP contribution in [0.25, 0.3) is 11.1 Å². The SMILES string of the molecule is CC(C)(C)[C@H](c1cc(-c2cc(F)ccc2F)cn1Cc1ccccc1)N(CCCN)C(=O)CSCCC(NC(=O)[C@H](CCC(=O)O)NC(=O)CCOCCOCCOCCOCCNC(=O)CCN1C(=O)C=CC1=O)C(=O)O. The average Bonchev–Trinajstić information content (AvgIpc) is 4.03. The topological polar surface area (TPSA) is 287 Å². The number of halogens is 2. The molecule has 3 aromatic rings. The predicted molar refractivity (Wildman–Crippen MR) is 285 cm³/mol. The highest BCUT2D eigenvalue weighted by Gasteiger charge is 2.37. The van der Waals surface area contributed by atoms with Crippen LogP contribution >= 0.6 is 11.8 Å². The van der Waals surface area contributed by atoms with Gasteiger partial charge in [-0.3, -0.25) is 38.5 Å². The molecule has 1 aliphatic heterocycles. The first-order valence-electron chi connectivity index (χ1n) is 25.7. The maximum atomic E-state index is 15.2. The zero-order chi connectivity index (χ0) is 57.0. The van der Waals surface area contributed by atoms with E-state index in [-0.39, 0.29) is 134 Å². The number of nitrogens with one attached hydrogen (secondary N) is 3. The van der Waals surface area contributed by atoms with Crippen molar-refractivity contribution in [3.8, 4) is 11.1 Å². The molecule has 0 spiro atoms. The summed E-state index contributed by atoms with van der Waals surface area (Å²) in [5.41, 5.74) is 7.48. The Morgan fingerprint density at radius 3 is 2.03 bits per heavy atom. The quantitative estimate of drug-likeness (QED) is 0.0353. The normalized spacial score (nSPS) is 13.5. The highest BCUT2D eigenvalue weighted by Crippen LogP contribution is 2.41. The lowest BCUT2D eigenvalue weighted by Gasteiger charge is -2.41. The molecule has 3 atom stereocenters. The van der Waals surface area contributed by atoms with Crippen molar-refractivity contribution in [1.29, 1.82) is 0 Å². The molecule has 24 heteroatoms. The first kappa shape index (κ1) is 64.0. The molecule has 0 fully saturated rings. The van der Waals surface area contributed by atoms with Crippen molar-refractivity contribution in [2.45, 2.75) is 84.0 Å². The van der Waals surface area contributed by atoms with Gasteiger partial charge in [0.2, 0.25) is 23.6 Å². The summed E-state index contributed by atoms with van der Waals surface area (Å²) in [5.74, 6) is -6.82. The van der Waals surface area contributed by atoms with E-state index in [1.54, 1.807) is 17.2 Å². The summed E-state index contributed by atoms with van der Waals surface area (Å²) in [4.78, 5) is 102. The Labute approximate surface area is 456 Å². The lowest BCUT2D eigenvalue weighted by atomic mass is 9.83. The van der Waals surface area contributed by atoms with Crippen LogP contribution in [0, 0.1) is 17.0 Å². The molecule has 0 bridgehead atoms. The van der Waals surface area contributed by atoms with Crippen LogP contribution in [0.15, 0.2) is 72.9 Å². The number of nitrogens with zero attached hydrogens (tertiary/aromatic N) is 3. The van der Waals surface area contributed by atoms with Crippen molar-refractivity contribution < 1.29 is 76.3 Å². The number of hydrogen-bond acceptors (Lipinski definition) is 14. The molecule has 0 aliphatic carbocycles. The maximum absolute atomic E-state index is 15.2. The van der Waals surface area contributed by atoms with E-state index in [1.165, 1.54) is 0 Å². The number of carbonyl (C=O) groups is 8. The van der Waals surface area contributed by atoms with Gasteiger partial charge in [0.25, 0.3) is 11.8 Å². The summed E-state index contributed by atoms with van der Waals surface area (Å²) >= 11 is 1.15. The number of nitrogens with two attached hydrogens (primary N) is 1. The number of imide groups is 1. The lowest BCUT2D eigenvalue weighted by Crippen LogP contribution is -2.52. The Bertz CT molecular complexity index is 2470. The molecule has 1 unspecified atom stereocenters. The lowest BCUT2D eigenvalue weighted by molar-refractivity contribution is -0.143. The molecule has 0 radical (unpaired) electrons. The number of rotatable bonds is 38. The third kappa shape index (κ3) is 22.4. The zero-order valence-corrected chi connectivity index (χ0v) is 45.2. The molecular weight excluding hydrogens is 1040 g/mol. The second-order valence-corrected chi connectivity index (χ2v) is 20.2. The number of carbonyl (C=O) groups excluding carboxylic acids is 6. The highest BCUT2D eigenvalue weighted by atomic mass is 32.2. The number of thioether (sulfide) groups is 1. The van der Waals surface area contributed by atoms with Crippen molar-refractivity contribution in [2.75, 3.05) is 90.5 Å². The van der Waals surface area contributed by atoms with Crippen LogP contribution < -0.4 is 21.7 Å². The zero-order valence-electron chi connectivity index (χ0n) is 44.4. The second-order valence-electron chi connectivity index (χ2n) is 19.1. The fourth-order valence-electron chi connectivity index (χ4n) is 8.19. The van der Waals surface area contributed by atoms with E-state index < -0.39 is 77.2 Å². The standard InChI is InChI=1S/C54H73F2N7O14S/c1-54(2,3)51(44-32-38(40-33-39(55)10-11-41(40)56)35-61(44)34-37-8-5-4-6-9-37)63(21-7-19-57)49(68)36-78-31-18-43(53(72)73)60-52(71)42(12-15-50(69)70)59-46(65)17-23-74-25-27-76-29-30-77-28-26-75-24-20-58-45(64)16-22-62-47(66)13-14-48(62)67/h4-6,8-11,13-14,32-33,35,42-43,51H,7,12,15-31,34,36,57H2,1-3H3,(H,58,64)(H,59,65)(H,60,71)(H,69,70)(H,72,73)/t42-,43?,51-/m0/s1. The molecular formula is C54H73F2N7O14S. The van der Waals surface area contributed by atoms with Crippen LogP contribution in [-0.2, 0) is 63.8 Å². The minimum atomic E-state index is -1.45. The van der Waals surface area contributed by atoms with Crippen LogP contribution in [-0.4, -0.2) is 175 Å². The third-order valence-electron chi connectivity index (χ3n) is 12.0. The van der Waals surface area contributed by atoms with Gasteiger partial charge in [0.05, 0.1) is 64.6 Å². The number of aliphatic carboxylic acids is 2. The van der Waals surface area contributed by atoms with E-state index in [2.05, 4.69) is 16.0 Å². The summed E-state index contributed by atoms with van der Waals surface area (Å²) < 4.78 is 53.4. The van der Waals surface area contributed by atoms with Gasteiger partial charge in [-0.25, -0.2) is 13.6 Å². The van der Waals surface area contributed by atoms with E-state index >= 15 is 4.39 Å². The van der Waals surface area contributed by atoms with Crippen LogP contribution in [0.4, 0.5) is 8.78 Å². The molecule has 4 rings (SSSR count). The van der Waals surface area contributed by atoms with Gasteiger partial charge in [0, 0.05) is 80.6 Å². The van der Waals surface area contributed by atoms with E-state index in [4.69, 9.17) is 24.7 Å². The smallest absolute Gasteiger partial charge is 0.326 e. The monoisotopic (exact) mass is 1110 g/mol. The summed E-state index contributed by atoms with van der Waals surface area (Å²) in [7, 11) is 0. The minimum Gasteiger partial charge on any atom is -0.481 e. The van der Waals surface area contributed by atoms with E-state index in [0.29, 0.717) is 24.2 Å². The van der Waals surface area contributed by atoms with E-state index in [0.717, 1.165) is 52.6 Å². The van der Waals surface area contributed by atoms with Gasteiger partial charge in [-0.2, -0.15) is 11.8 Å². The average molecular weight is 1110 g/mol. The van der Waals surface area contributed by atoms with Gasteiger partial charge in [0.15, 0.2) is 0 Å².